The van der Waals surface area contributed by atoms with Gasteiger partial charge in [-0.2, -0.15) is 0 Å². The molecular weight excluding hydrogens is 291 g/mol. The molecule has 0 aromatic heterocycles. The summed E-state index contributed by atoms with van der Waals surface area (Å²) in [7, 11) is -4.81. The minimum atomic E-state index is -4.81. The summed E-state index contributed by atoms with van der Waals surface area (Å²) in [6.07, 6.45) is -0.0400. The Morgan fingerprint density at radius 1 is 0.857 bits per heavy atom. The molecule has 6 heteroatoms. The summed E-state index contributed by atoms with van der Waals surface area (Å²) >= 11 is 0. The average Bonchev–Trinajstić information content (AvgIpc) is 2.38. The van der Waals surface area contributed by atoms with E-state index < -0.39 is 13.6 Å². The third kappa shape index (κ3) is 5.42. The van der Waals surface area contributed by atoms with Gasteiger partial charge in [0.1, 0.15) is 0 Å². The fourth-order valence-electron chi connectivity index (χ4n) is 2.18. The SMILES string of the molecule is O=P(O)(O)OC(O)(Cc1ccccc1)Cc1ccccc1. The third-order valence-corrected chi connectivity index (χ3v) is 3.51. The van der Waals surface area contributed by atoms with E-state index in [1.165, 1.54) is 0 Å². The molecule has 2 aromatic rings. The molecular formula is C15H17O5P. The van der Waals surface area contributed by atoms with E-state index in [1.54, 1.807) is 48.5 Å². The van der Waals surface area contributed by atoms with Crippen molar-refractivity contribution < 1.29 is 24.0 Å². The van der Waals surface area contributed by atoms with Crippen LogP contribution in [-0.2, 0) is 21.9 Å². The van der Waals surface area contributed by atoms with Crippen LogP contribution in [0.5, 0.6) is 0 Å². The Morgan fingerprint density at radius 3 is 1.57 bits per heavy atom. The Morgan fingerprint density at radius 2 is 1.24 bits per heavy atom. The van der Waals surface area contributed by atoms with Crippen LogP contribution in [0.25, 0.3) is 0 Å². The number of hydrogen-bond acceptors (Lipinski definition) is 3. The maximum Gasteiger partial charge on any atom is 0.472 e. The van der Waals surface area contributed by atoms with Gasteiger partial charge in [-0.25, -0.2) is 4.57 Å². The second-order valence-corrected chi connectivity index (χ2v) is 6.02. The molecule has 0 saturated carbocycles. The van der Waals surface area contributed by atoms with E-state index in [0.29, 0.717) is 0 Å². The van der Waals surface area contributed by atoms with E-state index >= 15 is 0 Å². The quantitative estimate of drug-likeness (QED) is 0.563. The van der Waals surface area contributed by atoms with E-state index in [-0.39, 0.29) is 12.8 Å². The number of rotatable bonds is 6. The molecule has 0 aliphatic heterocycles. The van der Waals surface area contributed by atoms with Crippen LogP contribution in [0, 0.1) is 0 Å². The van der Waals surface area contributed by atoms with E-state index in [0.717, 1.165) is 11.1 Å². The monoisotopic (exact) mass is 308 g/mol. The predicted octanol–water partition coefficient (Wildman–Crippen LogP) is 2.27. The Balaban J connectivity index is 2.23. The molecule has 0 aliphatic carbocycles. The zero-order chi connectivity index (χ0) is 15.3. The molecule has 5 nitrogen and oxygen atoms in total. The minimum absolute atomic E-state index is 0.0200. The van der Waals surface area contributed by atoms with E-state index in [1.807, 2.05) is 12.1 Å². The van der Waals surface area contributed by atoms with Crippen LogP contribution in [0.2, 0.25) is 0 Å². The van der Waals surface area contributed by atoms with Crippen molar-refractivity contribution in [1.82, 2.24) is 0 Å². The molecule has 0 fully saturated rings. The number of hydrogen-bond donors (Lipinski definition) is 3. The molecule has 0 amide bonds. The molecule has 0 unspecified atom stereocenters. The highest BCUT2D eigenvalue weighted by atomic mass is 31.2. The highest BCUT2D eigenvalue weighted by molar-refractivity contribution is 7.46. The number of benzene rings is 2. The lowest BCUT2D eigenvalue weighted by molar-refractivity contribution is -0.147. The summed E-state index contributed by atoms with van der Waals surface area (Å²) in [5.41, 5.74) is 1.45. The summed E-state index contributed by atoms with van der Waals surface area (Å²) < 4.78 is 15.8. The van der Waals surface area contributed by atoms with Gasteiger partial charge in [-0.3, -0.25) is 4.52 Å². The van der Waals surface area contributed by atoms with Crippen LogP contribution in [0.15, 0.2) is 60.7 Å². The van der Waals surface area contributed by atoms with Crippen LogP contribution in [-0.4, -0.2) is 20.7 Å². The lowest BCUT2D eigenvalue weighted by atomic mass is 9.98. The lowest BCUT2D eigenvalue weighted by Crippen LogP contribution is -2.36. The fourth-order valence-corrected chi connectivity index (χ4v) is 2.75. The molecule has 0 aliphatic rings. The molecule has 21 heavy (non-hydrogen) atoms. The molecule has 0 atom stereocenters. The minimum Gasteiger partial charge on any atom is -0.364 e. The molecule has 0 radical (unpaired) electrons. The van der Waals surface area contributed by atoms with Crippen molar-refractivity contribution in [1.29, 1.82) is 0 Å². The third-order valence-electron chi connectivity index (χ3n) is 2.94. The Hall–Kier alpha value is -1.49. The molecule has 0 spiro atoms. The van der Waals surface area contributed by atoms with Crippen molar-refractivity contribution >= 4 is 7.82 Å². The van der Waals surface area contributed by atoms with Gasteiger partial charge in [0.25, 0.3) is 0 Å². The Kier molecular flexibility index (Phi) is 4.93. The van der Waals surface area contributed by atoms with Crippen molar-refractivity contribution in [2.24, 2.45) is 0 Å². The highest BCUT2D eigenvalue weighted by Gasteiger charge is 2.36. The second-order valence-electron chi connectivity index (χ2n) is 4.85. The van der Waals surface area contributed by atoms with Crippen LogP contribution >= 0.6 is 7.82 Å². The number of aliphatic hydroxyl groups is 1. The van der Waals surface area contributed by atoms with Crippen LogP contribution in [0.3, 0.4) is 0 Å². The standard InChI is InChI=1S/C15H17O5P/c16-15(20-21(17,18)19,11-13-7-3-1-4-8-13)12-14-9-5-2-6-10-14/h1-10,16H,11-12H2,(H2,17,18,19). The smallest absolute Gasteiger partial charge is 0.364 e. The summed E-state index contributed by atoms with van der Waals surface area (Å²) in [6.45, 7) is 0. The summed E-state index contributed by atoms with van der Waals surface area (Å²) in [4.78, 5) is 18.1. The first-order chi connectivity index (χ1) is 9.86. The Bertz CT molecular complexity index is 567. The first-order valence-corrected chi connectivity index (χ1v) is 7.96. The maximum atomic E-state index is 11.1. The predicted molar refractivity (Wildman–Crippen MR) is 78.4 cm³/mol. The van der Waals surface area contributed by atoms with Gasteiger partial charge in [0.05, 0.1) is 0 Å². The van der Waals surface area contributed by atoms with Gasteiger partial charge < -0.3 is 14.9 Å². The normalized spacial score (nSPS) is 12.3. The summed E-state index contributed by atoms with van der Waals surface area (Å²) in [6, 6.07) is 17.8. The van der Waals surface area contributed by atoms with Crippen LogP contribution < -0.4 is 0 Å². The first-order valence-electron chi connectivity index (χ1n) is 6.43. The average molecular weight is 308 g/mol. The molecule has 0 saturated heterocycles. The first kappa shape index (κ1) is 15.9. The van der Waals surface area contributed by atoms with Gasteiger partial charge >= 0.3 is 7.82 Å². The summed E-state index contributed by atoms with van der Waals surface area (Å²) in [5.74, 6) is -1.97. The molecule has 3 N–H and O–H groups in total. The Labute approximate surface area is 123 Å². The van der Waals surface area contributed by atoms with Crippen LogP contribution in [0.4, 0.5) is 0 Å². The molecule has 0 heterocycles. The summed E-state index contributed by atoms with van der Waals surface area (Å²) in [5, 5.41) is 10.5. The maximum absolute atomic E-state index is 11.1. The molecule has 2 rings (SSSR count). The van der Waals surface area contributed by atoms with Gasteiger partial charge in [0.2, 0.25) is 0 Å². The molecule has 112 valence electrons. The van der Waals surface area contributed by atoms with Crippen LogP contribution in [0.1, 0.15) is 11.1 Å². The van der Waals surface area contributed by atoms with Crippen molar-refractivity contribution in [2.45, 2.75) is 18.6 Å². The van der Waals surface area contributed by atoms with Gasteiger partial charge in [-0.15, -0.1) is 0 Å². The van der Waals surface area contributed by atoms with Crippen molar-refractivity contribution in [3.8, 4) is 0 Å². The van der Waals surface area contributed by atoms with Crippen molar-refractivity contribution in [3.05, 3.63) is 71.8 Å². The zero-order valence-corrected chi connectivity index (χ0v) is 12.2. The van der Waals surface area contributed by atoms with Gasteiger partial charge in [-0.05, 0) is 11.1 Å². The number of phosphoric acid groups is 1. The topological polar surface area (TPSA) is 87.0 Å². The highest BCUT2D eigenvalue weighted by Crippen LogP contribution is 2.42. The fraction of sp³-hybridized carbons (Fsp3) is 0.200. The lowest BCUT2D eigenvalue weighted by Gasteiger charge is -2.28. The van der Waals surface area contributed by atoms with E-state index in [2.05, 4.69) is 4.52 Å². The largest absolute Gasteiger partial charge is 0.472 e. The zero-order valence-electron chi connectivity index (χ0n) is 11.3. The molecule has 0 bridgehead atoms. The van der Waals surface area contributed by atoms with E-state index in [9.17, 15) is 9.67 Å². The van der Waals surface area contributed by atoms with E-state index in [4.69, 9.17) is 9.79 Å². The number of phosphoric ester groups is 1. The van der Waals surface area contributed by atoms with Crippen molar-refractivity contribution in [2.75, 3.05) is 0 Å². The van der Waals surface area contributed by atoms with Gasteiger partial charge in [0, 0.05) is 12.8 Å². The van der Waals surface area contributed by atoms with Gasteiger partial charge in [-0.1, -0.05) is 60.7 Å². The van der Waals surface area contributed by atoms with Crippen molar-refractivity contribution in [3.63, 3.8) is 0 Å². The van der Waals surface area contributed by atoms with Gasteiger partial charge in [0.15, 0.2) is 5.79 Å². The second kappa shape index (κ2) is 6.52. The molecule has 2 aromatic carbocycles.